The zero-order valence-corrected chi connectivity index (χ0v) is 11.0. The standard InChI is InChI=1S/C12H18N6/c1-4-18-8-16-17-11(18)7-15-10(3)12-9(2)13-5-6-14-12/h5-6,8,10,15H,4,7H2,1-3H3. The van der Waals surface area contributed by atoms with Crippen molar-refractivity contribution in [1.29, 1.82) is 0 Å². The van der Waals surface area contributed by atoms with Crippen LogP contribution in [0.4, 0.5) is 0 Å². The van der Waals surface area contributed by atoms with E-state index in [1.165, 1.54) is 0 Å². The van der Waals surface area contributed by atoms with E-state index < -0.39 is 0 Å². The lowest BCUT2D eigenvalue weighted by molar-refractivity contribution is 0.526. The Balaban J connectivity index is 2.01. The van der Waals surface area contributed by atoms with Crippen LogP contribution in [-0.2, 0) is 13.1 Å². The molecule has 1 unspecified atom stereocenters. The first-order valence-electron chi connectivity index (χ1n) is 6.10. The van der Waals surface area contributed by atoms with Crippen LogP contribution in [0.2, 0.25) is 0 Å². The van der Waals surface area contributed by atoms with Crippen LogP contribution in [-0.4, -0.2) is 24.7 Å². The van der Waals surface area contributed by atoms with Crippen molar-refractivity contribution < 1.29 is 0 Å². The van der Waals surface area contributed by atoms with Crippen molar-refractivity contribution >= 4 is 0 Å². The van der Waals surface area contributed by atoms with E-state index in [9.17, 15) is 0 Å². The fourth-order valence-electron chi connectivity index (χ4n) is 1.86. The summed E-state index contributed by atoms with van der Waals surface area (Å²) in [7, 11) is 0. The lowest BCUT2D eigenvalue weighted by atomic mass is 10.2. The van der Waals surface area contributed by atoms with Crippen molar-refractivity contribution in [2.75, 3.05) is 0 Å². The summed E-state index contributed by atoms with van der Waals surface area (Å²) in [5, 5.41) is 11.4. The molecular weight excluding hydrogens is 228 g/mol. The highest BCUT2D eigenvalue weighted by atomic mass is 15.3. The molecule has 2 aromatic heterocycles. The summed E-state index contributed by atoms with van der Waals surface area (Å²) in [6.45, 7) is 7.66. The van der Waals surface area contributed by atoms with Crippen LogP contribution in [0.5, 0.6) is 0 Å². The molecule has 6 nitrogen and oxygen atoms in total. The molecule has 0 fully saturated rings. The van der Waals surface area contributed by atoms with E-state index in [1.807, 2.05) is 11.5 Å². The van der Waals surface area contributed by atoms with Gasteiger partial charge in [0, 0.05) is 25.0 Å². The zero-order valence-electron chi connectivity index (χ0n) is 11.0. The number of aryl methyl sites for hydroxylation is 2. The van der Waals surface area contributed by atoms with Crippen LogP contribution >= 0.6 is 0 Å². The zero-order chi connectivity index (χ0) is 13.0. The second-order valence-corrected chi connectivity index (χ2v) is 4.16. The van der Waals surface area contributed by atoms with Gasteiger partial charge < -0.3 is 9.88 Å². The third kappa shape index (κ3) is 2.70. The molecule has 1 N–H and O–H groups in total. The van der Waals surface area contributed by atoms with Gasteiger partial charge in [0.2, 0.25) is 0 Å². The lowest BCUT2D eigenvalue weighted by Gasteiger charge is -2.14. The Hall–Kier alpha value is -1.82. The highest BCUT2D eigenvalue weighted by Gasteiger charge is 2.11. The summed E-state index contributed by atoms with van der Waals surface area (Å²) in [5.74, 6) is 0.936. The van der Waals surface area contributed by atoms with Crippen LogP contribution in [0, 0.1) is 6.92 Å². The van der Waals surface area contributed by atoms with Gasteiger partial charge in [0.1, 0.15) is 12.2 Å². The predicted octanol–water partition coefficient (Wildman–Crippen LogP) is 1.25. The summed E-state index contributed by atoms with van der Waals surface area (Å²) in [6, 6.07) is 0.140. The Labute approximate surface area is 106 Å². The van der Waals surface area contributed by atoms with Crippen molar-refractivity contribution in [1.82, 2.24) is 30.0 Å². The second kappa shape index (κ2) is 5.68. The minimum Gasteiger partial charge on any atom is -0.317 e. The molecule has 2 aromatic rings. The highest BCUT2D eigenvalue weighted by Crippen LogP contribution is 2.12. The Bertz CT molecular complexity index is 507. The molecule has 1 atom stereocenters. The van der Waals surface area contributed by atoms with Crippen LogP contribution in [0.15, 0.2) is 18.7 Å². The summed E-state index contributed by atoms with van der Waals surface area (Å²) in [5.41, 5.74) is 1.93. The number of rotatable bonds is 5. The van der Waals surface area contributed by atoms with Crippen molar-refractivity contribution in [3.63, 3.8) is 0 Å². The first-order valence-corrected chi connectivity index (χ1v) is 6.10. The van der Waals surface area contributed by atoms with Gasteiger partial charge in [0.15, 0.2) is 0 Å². The molecule has 0 saturated heterocycles. The smallest absolute Gasteiger partial charge is 0.146 e. The van der Waals surface area contributed by atoms with Crippen LogP contribution in [0.1, 0.15) is 37.1 Å². The van der Waals surface area contributed by atoms with E-state index in [2.05, 4.69) is 39.3 Å². The molecule has 0 aliphatic heterocycles. The second-order valence-electron chi connectivity index (χ2n) is 4.16. The average Bonchev–Trinajstić information content (AvgIpc) is 2.84. The van der Waals surface area contributed by atoms with Gasteiger partial charge in [-0.05, 0) is 20.8 Å². The number of hydrogen-bond acceptors (Lipinski definition) is 5. The Kier molecular flexibility index (Phi) is 3.99. The quantitative estimate of drug-likeness (QED) is 0.859. The molecule has 0 aliphatic carbocycles. The Morgan fingerprint density at radius 1 is 1.33 bits per heavy atom. The summed E-state index contributed by atoms with van der Waals surface area (Å²) >= 11 is 0. The first kappa shape index (κ1) is 12.6. The maximum absolute atomic E-state index is 4.35. The highest BCUT2D eigenvalue weighted by molar-refractivity contribution is 5.12. The van der Waals surface area contributed by atoms with E-state index >= 15 is 0 Å². The molecule has 0 bridgehead atoms. The van der Waals surface area contributed by atoms with Crippen molar-refractivity contribution in [3.05, 3.63) is 35.9 Å². The maximum Gasteiger partial charge on any atom is 0.146 e. The van der Waals surface area contributed by atoms with E-state index in [0.717, 1.165) is 23.8 Å². The minimum atomic E-state index is 0.140. The molecule has 0 aromatic carbocycles. The van der Waals surface area contributed by atoms with Gasteiger partial charge in [-0.1, -0.05) is 0 Å². The van der Waals surface area contributed by atoms with Gasteiger partial charge in [0.25, 0.3) is 0 Å². The van der Waals surface area contributed by atoms with Crippen LogP contribution in [0.3, 0.4) is 0 Å². The van der Waals surface area contributed by atoms with Gasteiger partial charge in [-0.25, -0.2) is 0 Å². The summed E-state index contributed by atoms with van der Waals surface area (Å²) < 4.78 is 2.02. The molecule has 6 heteroatoms. The molecule has 0 radical (unpaired) electrons. The fourth-order valence-corrected chi connectivity index (χ4v) is 1.86. The minimum absolute atomic E-state index is 0.140. The van der Waals surface area contributed by atoms with Crippen LogP contribution < -0.4 is 5.32 Å². The topological polar surface area (TPSA) is 68.5 Å². The van der Waals surface area contributed by atoms with E-state index in [1.54, 1.807) is 18.7 Å². The van der Waals surface area contributed by atoms with Crippen molar-refractivity contribution in [2.45, 2.75) is 39.9 Å². The largest absolute Gasteiger partial charge is 0.317 e. The SMILES string of the molecule is CCn1cnnc1CNC(C)c1nccnc1C. The fraction of sp³-hybridized carbons (Fsp3) is 0.500. The van der Waals surface area contributed by atoms with E-state index in [0.29, 0.717) is 6.54 Å². The molecule has 0 amide bonds. The summed E-state index contributed by atoms with van der Waals surface area (Å²) in [6.07, 6.45) is 5.17. The summed E-state index contributed by atoms with van der Waals surface area (Å²) in [4.78, 5) is 8.60. The van der Waals surface area contributed by atoms with E-state index in [4.69, 9.17) is 0 Å². The molecule has 0 aliphatic rings. The predicted molar refractivity (Wildman–Crippen MR) is 67.7 cm³/mol. The van der Waals surface area contributed by atoms with E-state index in [-0.39, 0.29) is 6.04 Å². The molecule has 2 heterocycles. The molecule has 2 rings (SSSR count). The van der Waals surface area contributed by atoms with Gasteiger partial charge in [-0.2, -0.15) is 0 Å². The number of nitrogens with one attached hydrogen (secondary N) is 1. The monoisotopic (exact) mass is 246 g/mol. The third-order valence-corrected chi connectivity index (χ3v) is 2.93. The third-order valence-electron chi connectivity index (χ3n) is 2.93. The first-order chi connectivity index (χ1) is 8.72. The maximum atomic E-state index is 4.35. The number of nitrogens with zero attached hydrogens (tertiary/aromatic N) is 5. The van der Waals surface area contributed by atoms with Crippen molar-refractivity contribution in [2.24, 2.45) is 0 Å². The van der Waals surface area contributed by atoms with Crippen LogP contribution in [0.25, 0.3) is 0 Å². The molecule has 0 saturated carbocycles. The molecular formula is C12H18N6. The molecule has 18 heavy (non-hydrogen) atoms. The van der Waals surface area contributed by atoms with Gasteiger partial charge >= 0.3 is 0 Å². The Morgan fingerprint density at radius 3 is 2.83 bits per heavy atom. The number of aromatic nitrogens is 5. The Morgan fingerprint density at radius 2 is 2.11 bits per heavy atom. The molecule has 96 valence electrons. The lowest BCUT2D eigenvalue weighted by Crippen LogP contribution is -2.22. The average molecular weight is 246 g/mol. The normalized spacial score (nSPS) is 12.6. The van der Waals surface area contributed by atoms with Gasteiger partial charge in [0.05, 0.1) is 17.9 Å². The molecule has 0 spiro atoms. The van der Waals surface area contributed by atoms with Gasteiger partial charge in [-0.3, -0.25) is 9.97 Å². The van der Waals surface area contributed by atoms with Crippen molar-refractivity contribution in [3.8, 4) is 0 Å². The number of hydrogen-bond donors (Lipinski definition) is 1. The van der Waals surface area contributed by atoms with Gasteiger partial charge in [-0.15, -0.1) is 10.2 Å².